The van der Waals surface area contributed by atoms with E-state index in [1.165, 1.54) is 4.90 Å². The number of fused-ring (bicyclic) bond motifs is 1. The zero-order valence-electron chi connectivity index (χ0n) is 17.1. The number of amides is 3. The average Bonchev–Trinajstić information content (AvgIpc) is 2.80. The Bertz CT molecular complexity index is 912. The van der Waals surface area contributed by atoms with E-state index in [-0.39, 0.29) is 19.0 Å². The number of pyridine rings is 1. The molecule has 1 aromatic carbocycles. The van der Waals surface area contributed by atoms with Crippen LogP contribution in [0.5, 0.6) is 11.5 Å². The van der Waals surface area contributed by atoms with Crippen molar-refractivity contribution in [2.24, 2.45) is 0 Å². The van der Waals surface area contributed by atoms with Gasteiger partial charge in [0, 0.05) is 38.4 Å². The van der Waals surface area contributed by atoms with Crippen molar-refractivity contribution in [1.82, 2.24) is 20.5 Å². The van der Waals surface area contributed by atoms with Crippen molar-refractivity contribution < 1.29 is 24.2 Å². The second-order valence-electron chi connectivity index (χ2n) is 6.99. The lowest BCUT2D eigenvalue weighted by Gasteiger charge is -2.22. The van der Waals surface area contributed by atoms with Gasteiger partial charge in [0.15, 0.2) is 11.5 Å². The molecule has 0 bridgehead atoms. The number of urea groups is 1. The van der Waals surface area contributed by atoms with E-state index in [2.05, 4.69) is 15.6 Å². The van der Waals surface area contributed by atoms with Crippen LogP contribution in [0.4, 0.5) is 4.79 Å². The molecule has 1 aliphatic rings. The van der Waals surface area contributed by atoms with E-state index in [9.17, 15) is 14.7 Å². The number of hydrogen-bond acceptors (Lipinski definition) is 6. The Morgan fingerprint density at radius 3 is 2.84 bits per heavy atom. The number of aromatic nitrogens is 1. The van der Waals surface area contributed by atoms with Crippen LogP contribution in [0.3, 0.4) is 0 Å². The van der Waals surface area contributed by atoms with Gasteiger partial charge in [-0.3, -0.25) is 9.78 Å². The molecule has 3 N–H and O–H groups in total. The van der Waals surface area contributed by atoms with Crippen LogP contribution in [0.1, 0.15) is 17.4 Å². The van der Waals surface area contributed by atoms with Crippen LogP contribution in [0.25, 0.3) is 0 Å². The van der Waals surface area contributed by atoms with Crippen molar-refractivity contribution in [2.45, 2.75) is 12.5 Å². The summed E-state index contributed by atoms with van der Waals surface area (Å²) in [7, 11) is 1.67. The van der Waals surface area contributed by atoms with Gasteiger partial charge in [-0.25, -0.2) is 4.79 Å². The summed E-state index contributed by atoms with van der Waals surface area (Å²) in [6.45, 7) is 1.08. The Hall–Kier alpha value is -3.04. The number of aliphatic hydroxyl groups is 1. The molecule has 0 aliphatic carbocycles. The average molecular weight is 449 g/mol. The predicted molar refractivity (Wildman–Crippen MR) is 114 cm³/mol. The lowest BCUT2D eigenvalue weighted by Crippen LogP contribution is -2.44. The Kier molecular flexibility index (Phi) is 7.91. The Morgan fingerprint density at radius 1 is 1.26 bits per heavy atom. The lowest BCUT2D eigenvalue weighted by atomic mass is 10.1. The molecule has 166 valence electrons. The number of ether oxygens (including phenoxy) is 2. The first-order valence-corrected chi connectivity index (χ1v) is 10.2. The molecule has 0 radical (unpaired) electrons. The zero-order chi connectivity index (χ0) is 22.2. The minimum Gasteiger partial charge on any atom is -0.486 e. The predicted octanol–water partition coefficient (Wildman–Crippen LogP) is 1.54. The van der Waals surface area contributed by atoms with E-state index in [0.29, 0.717) is 48.3 Å². The van der Waals surface area contributed by atoms with Crippen LogP contribution in [-0.2, 0) is 11.2 Å². The van der Waals surface area contributed by atoms with Crippen LogP contribution in [0.15, 0.2) is 36.5 Å². The summed E-state index contributed by atoms with van der Waals surface area (Å²) in [6.07, 6.45) is 1.33. The SMILES string of the molecule is CN(CCc1ccccn1)C(=O)CNC(=O)NCC(O)c1cc(Cl)c2c(c1)OCCO2. The molecule has 0 fully saturated rings. The molecule has 2 aromatic rings. The maximum atomic E-state index is 12.2. The molecule has 31 heavy (non-hydrogen) atoms. The Labute approximate surface area is 185 Å². The quantitative estimate of drug-likeness (QED) is 0.564. The number of carbonyl (C=O) groups excluding carboxylic acids is 2. The largest absolute Gasteiger partial charge is 0.486 e. The number of rotatable bonds is 8. The molecule has 9 nitrogen and oxygen atoms in total. The Morgan fingerprint density at radius 2 is 2.06 bits per heavy atom. The van der Waals surface area contributed by atoms with Crippen molar-refractivity contribution in [3.63, 3.8) is 0 Å². The second kappa shape index (κ2) is 10.8. The van der Waals surface area contributed by atoms with Gasteiger partial charge < -0.3 is 30.1 Å². The second-order valence-corrected chi connectivity index (χ2v) is 7.40. The fourth-order valence-electron chi connectivity index (χ4n) is 2.94. The van der Waals surface area contributed by atoms with Crippen LogP contribution < -0.4 is 20.1 Å². The highest BCUT2D eigenvalue weighted by Gasteiger charge is 2.20. The number of hydrogen-bond donors (Lipinski definition) is 3. The van der Waals surface area contributed by atoms with E-state index in [1.807, 2.05) is 18.2 Å². The van der Waals surface area contributed by atoms with Gasteiger partial charge in [0.25, 0.3) is 0 Å². The number of nitrogens with zero attached hydrogens (tertiary/aromatic N) is 2. The molecule has 1 aromatic heterocycles. The number of aliphatic hydroxyl groups excluding tert-OH is 1. The number of carbonyl (C=O) groups is 2. The minimum atomic E-state index is -1.00. The molecular weight excluding hydrogens is 424 g/mol. The van der Waals surface area contributed by atoms with E-state index in [1.54, 1.807) is 25.4 Å². The van der Waals surface area contributed by atoms with Crippen LogP contribution in [0.2, 0.25) is 5.02 Å². The molecule has 1 aliphatic heterocycles. The summed E-state index contributed by atoms with van der Waals surface area (Å²) in [4.78, 5) is 29.9. The molecule has 0 spiro atoms. The topological polar surface area (TPSA) is 113 Å². The molecule has 1 unspecified atom stereocenters. The van der Waals surface area contributed by atoms with Crippen LogP contribution in [0, 0.1) is 0 Å². The van der Waals surface area contributed by atoms with Crippen molar-refractivity contribution in [2.75, 3.05) is 39.9 Å². The van der Waals surface area contributed by atoms with Crippen LogP contribution >= 0.6 is 11.6 Å². The molecule has 1 atom stereocenters. The summed E-state index contributed by atoms with van der Waals surface area (Å²) >= 11 is 6.17. The molecule has 2 heterocycles. The molecule has 0 saturated carbocycles. The number of nitrogens with one attached hydrogen (secondary N) is 2. The molecule has 3 amide bonds. The highest BCUT2D eigenvalue weighted by molar-refractivity contribution is 6.32. The molecular formula is C21H25ClN4O5. The van der Waals surface area contributed by atoms with Gasteiger partial charge in [-0.2, -0.15) is 0 Å². The molecule has 10 heteroatoms. The number of halogens is 1. The fourth-order valence-corrected chi connectivity index (χ4v) is 3.21. The van der Waals surface area contributed by atoms with Gasteiger partial charge in [-0.1, -0.05) is 17.7 Å². The summed E-state index contributed by atoms with van der Waals surface area (Å²) in [6, 6.07) is 8.26. The van der Waals surface area contributed by atoms with E-state index >= 15 is 0 Å². The first-order valence-electron chi connectivity index (χ1n) is 9.86. The zero-order valence-corrected chi connectivity index (χ0v) is 17.9. The lowest BCUT2D eigenvalue weighted by molar-refractivity contribution is -0.128. The van der Waals surface area contributed by atoms with E-state index in [0.717, 1.165) is 5.69 Å². The minimum absolute atomic E-state index is 0.0640. The van der Waals surface area contributed by atoms with E-state index in [4.69, 9.17) is 21.1 Å². The third-order valence-corrected chi connectivity index (χ3v) is 5.00. The third-order valence-electron chi connectivity index (χ3n) is 4.72. The van der Waals surface area contributed by atoms with Gasteiger partial charge in [-0.15, -0.1) is 0 Å². The van der Waals surface area contributed by atoms with Crippen molar-refractivity contribution in [3.8, 4) is 11.5 Å². The fraction of sp³-hybridized carbons (Fsp3) is 0.381. The maximum Gasteiger partial charge on any atom is 0.315 e. The van der Waals surface area contributed by atoms with Crippen molar-refractivity contribution in [3.05, 3.63) is 52.8 Å². The number of likely N-dealkylation sites (N-methyl/N-ethyl adjacent to an activating group) is 1. The normalized spacial score (nSPS) is 13.3. The molecule has 0 saturated heterocycles. The van der Waals surface area contributed by atoms with Crippen molar-refractivity contribution in [1.29, 1.82) is 0 Å². The smallest absolute Gasteiger partial charge is 0.315 e. The first kappa shape index (κ1) is 22.6. The standard InChI is InChI=1S/C21H25ClN4O5/c1-26(7-5-15-4-2-3-6-23-15)19(28)13-25-21(29)24-12-17(27)14-10-16(22)20-18(11-14)30-8-9-31-20/h2-4,6,10-11,17,27H,5,7-9,12-13H2,1H3,(H2,24,25,29). The summed E-state index contributed by atoms with van der Waals surface area (Å²) < 4.78 is 10.9. The highest BCUT2D eigenvalue weighted by atomic mass is 35.5. The Balaban J connectivity index is 1.40. The summed E-state index contributed by atoms with van der Waals surface area (Å²) in [5.41, 5.74) is 1.38. The molecule has 3 rings (SSSR count). The summed E-state index contributed by atoms with van der Waals surface area (Å²) in [5.74, 6) is 0.669. The van der Waals surface area contributed by atoms with Gasteiger partial charge in [0.2, 0.25) is 5.91 Å². The van der Waals surface area contributed by atoms with Crippen molar-refractivity contribution >= 4 is 23.5 Å². The van der Waals surface area contributed by atoms with E-state index < -0.39 is 12.1 Å². The third kappa shape index (κ3) is 6.47. The summed E-state index contributed by atoms with van der Waals surface area (Å²) in [5, 5.41) is 15.7. The monoisotopic (exact) mass is 448 g/mol. The number of benzene rings is 1. The highest BCUT2D eigenvalue weighted by Crippen LogP contribution is 2.39. The van der Waals surface area contributed by atoms with Crippen LogP contribution in [-0.4, -0.2) is 66.8 Å². The van der Waals surface area contributed by atoms with Gasteiger partial charge in [-0.05, 0) is 29.8 Å². The maximum absolute atomic E-state index is 12.2. The van der Waals surface area contributed by atoms with Gasteiger partial charge >= 0.3 is 6.03 Å². The van der Waals surface area contributed by atoms with Gasteiger partial charge in [0.1, 0.15) is 13.2 Å². The first-order chi connectivity index (χ1) is 14.9. The van der Waals surface area contributed by atoms with Gasteiger partial charge in [0.05, 0.1) is 17.7 Å².